The van der Waals surface area contributed by atoms with Gasteiger partial charge in [-0.1, -0.05) is 0 Å². The summed E-state index contributed by atoms with van der Waals surface area (Å²) in [6.45, 7) is 0.459. The minimum absolute atomic E-state index is 0.117. The normalized spacial score (nSPS) is 19.2. The molecule has 22 heavy (non-hydrogen) atoms. The fourth-order valence-electron chi connectivity index (χ4n) is 2.44. The Balaban J connectivity index is 2.31. The van der Waals surface area contributed by atoms with Crippen molar-refractivity contribution in [3.63, 3.8) is 0 Å². The molecular formula is C13H14F3N3O2S. The molecule has 1 saturated heterocycles. The van der Waals surface area contributed by atoms with Crippen molar-refractivity contribution in [2.24, 2.45) is 0 Å². The first-order chi connectivity index (χ1) is 10.2. The zero-order chi connectivity index (χ0) is 16.5. The number of halogens is 3. The summed E-state index contributed by atoms with van der Waals surface area (Å²) in [5, 5.41) is 8.10. The van der Waals surface area contributed by atoms with Gasteiger partial charge in [0.15, 0.2) is 0 Å². The number of hydrogen-bond donors (Lipinski definition) is 1. The van der Waals surface area contributed by atoms with Crippen LogP contribution < -0.4 is 9.62 Å². The van der Waals surface area contributed by atoms with E-state index in [9.17, 15) is 21.6 Å². The number of nitrogens with one attached hydrogen (secondary N) is 1. The lowest BCUT2D eigenvalue weighted by molar-refractivity contribution is -0.137. The minimum Gasteiger partial charge on any atom is -0.370 e. The van der Waals surface area contributed by atoms with Crippen molar-refractivity contribution in [3.8, 4) is 6.07 Å². The predicted octanol–water partition coefficient (Wildman–Crippen LogP) is 1.70. The Morgan fingerprint density at radius 1 is 1.41 bits per heavy atom. The van der Waals surface area contributed by atoms with Crippen LogP contribution in [0.3, 0.4) is 0 Å². The number of anilines is 1. The molecule has 1 fully saturated rings. The number of hydrogen-bond acceptors (Lipinski definition) is 4. The first-order valence-electron chi connectivity index (χ1n) is 6.47. The van der Waals surface area contributed by atoms with E-state index in [4.69, 9.17) is 5.26 Å². The summed E-state index contributed by atoms with van der Waals surface area (Å²) >= 11 is 0. The molecule has 0 spiro atoms. The van der Waals surface area contributed by atoms with Crippen molar-refractivity contribution < 1.29 is 21.6 Å². The molecule has 1 N–H and O–H groups in total. The second-order valence-corrected chi connectivity index (χ2v) is 7.11. The highest BCUT2D eigenvalue weighted by Crippen LogP contribution is 2.35. The van der Waals surface area contributed by atoms with Crippen molar-refractivity contribution in [1.29, 1.82) is 5.26 Å². The maximum atomic E-state index is 12.9. The number of benzene rings is 1. The number of rotatable bonds is 3. The van der Waals surface area contributed by atoms with Gasteiger partial charge in [-0.25, -0.2) is 13.1 Å². The molecule has 0 amide bonds. The van der Waals surface area contributed by atoms with Crippen LogP contribution in [0.1, 0.15) is 17.5 Å². The van der Waals surface area contributed by atoms with E-state index in [0.717, 1.165) is 12.1 Å². The number of sulfonamides is 1. The molecular weight excluding hydrogens is 319 g/mol. The van der Waals surface area contributed by atoms with Gasteiger partial charge in [-0.3, -0.25) is 0 Å². The molecule has 9 heteroatoms. The maximum absolute atomic E-state index is 12.9. The molecule has 1 aromatic carbocycles. The van der Waals surface area contributed by atoms with Crippen LogP contribution >= 0.6 is 0 Å². The fourth-order valence-corrected chi connectivity index (χ4v) is 3.57. The van der Waals surface area contributed by atoms with Gasteiger partial charge < -0.3 is 4.90 Å². The van der Waals surface area contributed by atoms with Gasteiger partial charge in [-0.15, -0.1) is 0 Å². The van der Waals surface area contributed by atoms with Gasteiger partial charge in [0.1, 0.15) is 0 Å². The summed E-state index contributed by atoms with van der Waals surface area (Å²) < 4.78 is 64.6. The van der Waals surface area contributed by atoms with Crippen molar-refractivity contribution in [2.45, 2.75) is 17.8 Å². The van der Waals surface area contributed by atoms with E-state index in [1.165, 1.54) is 19.2 Å². The van der Waals surface area contributed by atoms with E-state index < -0.39 is 32.6 Å². The number of nitrogens with zero attached hydrogens (tertiary/aromatic N) is 2. The molecule has 0 aliphatic carbocycles. The third-order valence-electron chi connectivity index (χ3n) is 3.66. The predicted molar refractivity (Wildman–Crippen MR) is 74.8 cm³/mol. The van der Waals surface area contributed by atoms with E-state index in [2.05, 4.69) is 4.72 Å². The molecule has 1 aromatic rings. The molecule has 5 nitrogen and oxygen atoms in total. The zero-order valence-corrected chi connectivity index (χ0v) is 12.5. The summed E-state index contributed by atoms with van der Waals surface area (Å²) in [7, 11) is -2.15. The molecule has 120 valence electrons. The Hall–Kier alpha value is -1.79. The van der Waals surface area contributed by atoms with Crippen LogP contribution in [0.4, 0.5) is 18.9 Å². The van der Waals surface area contributed by atoms with E-state index >= 15 is 0 Å². The Morgan fingerprint density at radius 3 is 2.64 bits per heavy atom. The molecule has 1 unspecified atom stereocenters. The van der Waals surface area contributed by atoms with Crippen LogP contribution in [0, 0.1) is 11.3 Å². The first-order valence-corrected chi connectivity index (χ1v) is 8.02. The standard InChI is InChI=1S/C13H14F3N3O2S/c1-18-22(20,21)11-4-5-19(8-11)10-3-2-9(7-17)12(6-10)13(14,15)16/h2-3,6,11,18H,4-5,8H2,1H3. The average Bonchev–Trinajstić information content (AvgIpc) is 2.96. The lowest BCUT2D eigenvalue weighted by atomic mass is 10.1. The fraction of sp³-hybridized carbons (Fsp3) is 0.462. The smallest absolute Gasteiger partial charge is 0.370 e. The lowest BCUT2D eigenvalue weighted by Crippen LogP contribution is -2.34. The van der Waals surface area contributed by atoms with E-state index in [-0.39, 0.29) is 12.2 Å². The summed E-state index contributed by atoms with van der Waals surface area (Å²) in [5.74, 6) is 0. The van der Waals surface area contributed by atoms with Gasteiger partial charge in [0.05, 0.1) is 22.4 Å². The van der Waals surface area contributed by atoms with E-state index in [1.54, 1.807) is 4.90 Å². The molecule has 1 heterocycles. The summed E-state index contributed by atoms with van der Waals surface area (Å²) in [6.07, 6.45) is -4.29. The topological polar surface area (TPSA) is 73.2 Å². The SMILES string of the molecule is CNS(=O)(=O)C1CCN(c2ccc(C#N)c(C(F)(F)F)c2)C1. The van der Waals surface area contributed by atoms with E-state index in [0.29, 0.717) is 13.0 Å². The Bertz CT molecular complexity index is 710. The first kappa shape index (κ1) is 16.6. The second-order valence-electron chi connectivity index (χ2n) is 4.95. The van der Waals surface area contributed by atoms with Gasteiger partial charge in [-0.2, -0.15) is 18.4 Å². The zero-order valence-electron chi connectivity index (χ0n) is 11.7. The van der Waals surface area contributed by atoms with Gasteiger partial charge in [0.25, 0.3) is 0 Å². The Kier molecular flexibility index (Phi) is 4.35. The van der Waals surface area contributed by atoms with Crippen molar-refractivity contribution in [2.75, 3.05) is 25.0 Å². The van der Waals surface area contributed by atoms with Crippen LogP contribution in [0.15, 0.2) is 18.2 Å². The Labute approximate surface area is 126 Å². The number of alkyl halides is 3. The molecule has 0 radical (unpaired) electrons. The van der Waals surface area contributed by atoms with E-state index in [1.807, 2.05) is 0 Å². The van der Waals surface area contributed by atoms with Crippen molar-refractivity contribution >= 4 is 15.7 Å². The molecule has 0 saturated carbocycles. The van der Waals surface area contributed by atoms with Gasteiger partial charge in [0.2, 0.25) is 10.0 Å². The lowest BCUT2D eigenvalue weighted by Gasteiger charge is -2.20. The highest BCUT2D eigenvalue weighted by Gasteiger charge is 2.36. The van der Waals surface area contributed by atoms with Crippen LogP contribution in [0.5, 0.6) is 0 Å². The molecule has 0 bridgehead atoms. The largest absolute Gasteiger partial charge is 0.417 e. The van der Waals surface area contributed by atoms with Crippen LogP contribution in [-0.2, 0) is 16.2 Å². The highest BCUT2D eigenvalue weighted by atomic mass is 32.2. The van der Waals surface area contributed by atoms with Crippen LogP contribution in [-0.4, -0.2) is 33.8 Å². The third kappa shape index (κ3) is 3.18. The van der Waals surface area contributed by atoms with Crippen LogP contribution in [0.2, 0.25) is 0 Å². The molecule has 1 atom stereocenters. The van der Waals surface area contributed by atoms with Crippen molar-refractivity contribution in [3.05, 3.63) is 29.3 Å². The molecule has 2 rings (SSSR count). The molecule has 0 aromatic heterocycles. The van der Waals surface area contributed by atoms with Gasteiger partial charge in [0, 0.05) is 18.8 Å². The summed E-state index contributed by atoms with van der Waals surface area (Å²) in [5.41, 5.74) is -1.19. The second kappa shape index (κ2) is 5.78. The summed E-state index contributed by atoms with van der Waals surface area (Å²) in [6, 6.07) is 4.93. The maximum Gasteiger partial charge on any atom is 0.417 e. The third-order valence-corrected chi connectivity index (χ3v) is 5.49. The highest BCUT2D eigenvalue weighted by molar-refractivity contribution is 7.90. The molecule has 1 aliphatic heterocycles. The van der Waals surface area contributed by atoms with Crippen LogP contribution in [0.25, 0.3) is 0 Å². The quantitative estimate of drug-likeness (QED) is 0.914. The van der Waals surface area contributed by atoms with Gasteiger partial charge in [-0.05, 0) is 31.7 Å². The monoisotopic (exact) mass is 333 g/mol. The summed E-state index contributed by atoms with van der Waals surface area (Å²) in [4.78, 5) is 1.58. The van der Waals surface area contributed by atoms with Crippen molar-refractivity contribution in [1.82, 2.24) is 4.72 Å². The minimum atomic E-state index is -4.63. The Morgan fingerprint density at radius 2 is 2.09 bits per heavy atom. The number of nitriles is 1. The average molecular weight is 333 g/mol. The molecule has 1 aliphatic rings. The van der Waals surface area contributed by atoms with Gasteiger partial charge >= 0.3 is 6.18 Å².